The highest BCUT2D eigenvalue weighted by Crippen LogP contribution is 2.29. The smallest absolute Gasteiger partial charge is 0.119 e. The highest BCUT2D eigenvalue weighted by atomic mass is 16.5. The first-order valence-corrected chi connectivity index (χ1v) is 8.52. The van der Waals surface area contributed by atoms with E-state index in [2.05, 4.69) is 42.0 Å². The number of pyridine rings is 1. The molecule has 0 bridgehead atoms. The molecule has 1 aliphatic heterocycles. The fraction of sp³-hybridized carbons (Fsp3) is 0.450. The number of methoxy groups -OCH3 is 1. The maximum absolute atomic E-state index is 5.38. The minimum atomic E-state index is 0.521. The van der Waals surface area contributed by atoms with Crippen LogP contribution in [0.25, 0.3) is 10.9 Å². The fourth-order valence-corrected chi connectivity index (χ4v) is 3.75. The minimum absolute atomic E-state index is 0.521. The van der Waals surface area contributed by atoms with Crippen molar-refractivity contribution in [1.82, 2.24) is 10.3 Å². The van der Waals surface area contributed by atoms with E-state index in [0.717, 1.165) is 30.1 Å². The zero-order valence-electron chi connectivity index (χ0n) is 14.1. The monoisotopic (exact) mass is 310 g/mol. The van der Waals surface area contributed by atoms with Gasteiger partial charge in [0, 0.05) is 24.2 Å². The fourth-order valence-electron chi connectivity index (χ4n) is 3.75. The van der Waals surface area contributed by atoms with Gasteiger partial charge in [-0.25, -0.2) is 0 Å². The summed E-state index contributed by atoms with van der Waals surface area (Å²) in [5.74, 6) is 2.23. The van der Waals surface area contributed by atoms with Gasteiger partial charge in [-0.3, -0.25) is 4.98 Å². The van der Waals surface area contributed by atoms with Crippen LogP contribution in [-0.2, 0) is 6.42 Å². The van der Waals surface area contributed by atoms with Crippen LogP contribution < -0.4 is 10.1 Å². The van der Waals surface area contributed by atoms with Crippen molar-refractivity contribution in [1.29, 1.82) is 0 Å². The Labute approximate surface area is 138 Å². The lowest BCUT2D eigenvalue weighted by Gasteiger charge is -2.35. The highest BCUT2D eigenvalue weighted by molar-refractivity contribution is 5.83. The number of nitrogens with one attached hydrogen (secondary N) is 1. The SMILES string of the molecule is C=CC1CNC(Cc2ccnc3ccc(OC)cc23)C[C@@H]1CC. The standard InChI is InChI=1S/C20H26N2O/c1-4-14-10-17(22-13-15(14)5-2)11-16-8-9-21-20-7-6-18(23-3)12-19(16)20/h5-9,12,14-15,17,22H,2,4,10-11,13H2,1,3H3/t14-,15?,17?/m0/s1. The maximum Gasteiger partial charge on any atom is 0.119 e. The second-order valence-corrected chi connectivity index (χ2v) is 6.47. The number of benzene rings is 1. The van der Waals surface area contributed by atoms with Crippen molar-refractivity contribution in [3.05, 3.63) is 48.7 Å². The first-order chi connectivity index (χ1) is 11.2. The van der Waals surface area contributed by atoms with E-state index < -0.39 is 0 Å². The predicted molar refractivity (Wildman–Crippen MR) is 95.9 cm³/mol. The van der Waals surface area contributed by atoms with Gasteiger partial charge in [0.1, 0.15) is 5.75 Å². The van der Waals surface area contributed by atoms with Gasteiger partial charge in [-0.1, -0.05) is 19.4 Å². The molecule has 0 amide bonds. The molecular weight excluding hydrogens is 284 g/mol. The van der Waals surface area contributed by atoms with Crippen molar-refractivity contribution in [3.8, 4) is 5.75 Å². The third-order valence-electron chi connectivity index (χ3n) is 5.17. The number of nitrogens with zero attached hydrogens (tertiary/aromatic N) is 1. The van der Waals surface area contributed by atoms with E-state index in [4.69, 9.17) is 4.74 Å². The molecule has 1 saturated heterocycles. The molecular formula is C20H26N2O. The number of fused-ring (bicyclic) bond motifs is 1. The highest BCUT2D eigenvalue weighted by Gasteiger charge is 2.27. The third kappa shape index (κ3) is 3.40. The molecule has 122 valence electrons. The molecule has 3 rings (SSSR count). The Balaban J connectivity index is 1.82. The van der Waals surface area contributed by atoms with Crippen LogP contribution >= 0.6 is 0 Å². The van der Waals surface area contributed by atoms with E-state index in [1.807, 2.05) is 18.3 Å². The average molecular weight is 310 g/mol. The molecule has 2 heterocycles. The van der Waals surface area contributed by atoms with Crippen LogP contribution in [0.4, 0.5) is 0 Å². The van der Waals surface area contributed by atoms with Gasteiger partial charge in [0.05, 0.1) is 12.6 Å². The molecule has 1 N–H and O–H groups in total. The van der Waals surface area contributed by atoms with Crippen LogP contribution in [0, 0.1) is 11.8 Å². The zero-order chi connectivity index (χ0) is 16.2. The Hall–Kier alpha value is -1.87. The van der Waals surface area contributed by atoms with Gasteiger partial charge in [0.2, 0.25) is 0 Å². The molecule has 0 saturated carbocycles. The first-order valence-electron chi connectivity index (χ1n) is 8.52. The lowest BCUT2D eigenvalue weighted by molar-refractivity contribution is 0.239. The molecule has 1 aliphatic rings. The summed E-state index contributed by atoms with van der Waals surface area (Å²) in [6, 6.07) is 8.77. The van der Waals surface area contributed by atoms with Crippen molar-refractivity contribution < 1.29 is 4.74 Å². The largest absolute Gasteiger partial charge is 0.497 e. The Morgan fingerprint density at radius 3 is 3.00 bits per heavy atom. The van der Waals surface area contributed by atoms with Crippen LogP contribution in [0.15, 0.2) is 43.1 Å². The van der Waals surface area contributed by atoms with E-state index in [1.54, 1.807) is 7.11 Å². The Kier molecular flexibility index (Phi) is 4.97. The van der Waals surface area contributed by atoms with Gasteiger partial charge in [0.25, 0.3) is 0 Å². The topological polar surface area (TPSA) is 34.2 Å². The third-order valence-corrected chi connectivity index (χ3v) is 5.17. The summed E-state index contributed by atoms with van der Waals surface area (Å²) >= 11 is 0. The minimum Gasteiger partial charge on any atom is -0.497 e. The molecule has 3 atom stereocenters. The first kappa shape index (κ1) is 16.0. The maximum atomic E-state index is 5.38. The summed E-state index contributed by atoms with van der Waals surface area (Å²) in [6.07, 6.45) is 7.49. The van der Waals surface area contributed by atoms with Crippen LogP contribution in [0.3, 0.4) is 0 Å². The summed E-state index contributed by atoms with van der Waals surface area (Å²) in [5, 5.41) is 4.90. The number of piperidine rings is 1. The van der Waals surface area contributed by atoms with Crippen LogP contribution in [0.1, 0.15) is 25.3 Å². The van der Waals surface area contributed by atoms with Crippen molar-refractivity contribution >= 4 is 10.9 Å². The van der Waals surface area contributed by atoms with Gasteiger partial charge >= 0.3 is 0 Å². The van der Waals surface area contributed by atoms with Gasteiger partial charge in [0.15, 0.2) is 0 Å². The predicted octanol–water partition coefficient (Wildman–Crippen LogP) is 3.98. The van der Waals surface area contributed by atoms with E-state index in [9.17, 15) is 0 Å². The van der Waals surface area contributed by atoms with Crippen LogP contribution in [-0.4, -0.2) is 24.7 Å². The number of ether oxygens (including phenoxy) is 1. The van der Waals surface area contributed by atoms with E-state index in [0.29, 0.717) is 12.0 Å². The van der Waals surface area contributed by atoms with Gasteiger partial charge in [-0.05, 0) is 54.5 Å². The van der Waals surface area contributed by atoms with Gasteiger partial charge in [-0.2, -0.15) is 0 Å². The quantitative estimate of drug-likeness (QED) is 0.848. The molecule has 3 heteroatoms. The van der Waals surface area contributed by atoms with Crippen LogP contribution in [0.5, 0.6) is 5.75 Å². The summed E-state index contributed by atoms with van der Waals surface area (Å²) in [4.78, 5) is 4.48. The second-order valence-electron chi connectivity index (χ2n) is 6.47. The normalized spacial score (nSPS) is 24.5. The molecule has 2 aromatic rings. The molecule has 0 radical (unpaired) electrons. The summed E-state index contributed by atoms with van der Waals surface area (Å²) in [5.41, 5.74) is 2.38. The average Bonchev–Trinajstić information content (AvgIpc) is 2.61. The van der Waals surface area contributed by atoms with Crippen molar-refractivity contribution in [2.75, 3.05) is 13.7 Å². The number of hydrogen-bond donors (Lipinski definition) is 1. The summed E-state index contributed by atoms with van der Waals surface area (Å²) < 4.78 is 5.38. The number of hydrogen-bond acceptors (Lipinski definition) is 3. The van der Waals surface area contributed by atoms with Crippen molar-refractivity contribution in [2.24, 2.45) is 11.8 Å². The van der Waals surface area contributed by atoms with Gasteiger partial charge < -0.3 is 10.1 Å². The summed E-state index contributed by atoms with van der Waals surface area (Å²) in [7, 11) is 1.71. The Morgan fingerprint density at radius 1 is 1.39 bits per heavy atom. The van der Waals surface area contributed by atoms with Gasteiger partial charge in [-0.15, -0.1) is 6.58 Å². The number of rotatable bonds is 5. The van der Waals surface area contributed by atoms with E-state index in [-0.39, 0.29) is 0 Å². The lowest BCUT2D eigenvalue weighted by atomic mass is 9.80. The zero-order valence-corrected chi connectivity index (χ0v) is 14.1. The van der Waals surface area contributed by atoms with Crippen LogP contribution in [0.2, 0.25) is 0 Å². The molecule has 1 aromatic carbocycles. The second kappa shape index (κ2) is 7.14. The Bertz CT molecular complexity index is 682. The van der Waals surface area contributed by atoms with Crippen molar-refractivity contribution in [2.45, 2.75) is 32.2 Å². The molecule has 0 spiro atoms. The molecule has 1 aromatic heterocycles. The van der Waals surface area contributed by atoms with Crippen molar-refractivity contribution in [3.63, 3.8) is 0 Å². The molecule has 23 heavy (non-hydrogen) atoms. The molecule has 1 fully saturated rings. The number of aromatic nitrogens is 1. The lowest BCUT2D eigenvalue weighted by Crippen LogP contribution is -2.44. The molecule has 2 unspecified atom stereocenters. The van der Waals surface area contributed by atoms with E-state index >= 15 is 0 Å². The molecule has 3 nitrogen and oxygen atoms in total. The Morgan fingerprint density at radius 2 is 2.26 bits per heavy atom. The summed E-state index contributed by atoms with van der Waals surface area (Å²) in [6.45, 7) is 7.32. The molecule has 0 aliphatic carbocycles. The van der Waals surface area contributed by atoms with E-state index in [1.165, 1.54) is 23.8 Å².